The van der Waals surface area contributed by atoms with Gasteiger partial charge in [0.1, 0.15) is 5.75 Å². The lowest BCUT2D eigenvalue weighted by molar-refractivity contribution is 0.402. The van der Waals surface area contributed by atoms with Crippen LogP contribution < -0.4 is 15.0 Å². The second kappa shape index (κ2) is 7.23. The highest BCUT2D eigenvalue weighted by atomic mass is 32.2. The molecule has 1 heterocycles. The molecule has 112 valence electrons. The molecule has 1 aliphatic heterocycles. The van der Waals surface area contributed by atoms with Crippen molar-refractivity contribution >= 4 is 17.4 Å². The third-order valence-electron chi connectivity index (χ3n) is 3.88. The van der Waals surface area contributed by atoms with Crippen LogP contribution >= 0.6 is 11.8 Å². The van der Waals surface area contributed by atoms with E-state index < -0.39 is 0 Å². The molecule has 4 heteroatoms. The molecule has 0 amide bonds. The number of nitrogens with one attached hydrogen (secondary N) is 1. The second-order valence-corrected chi connectivity index (χ2v) is 6.44. The van der Waals surface area contributed by atoms with Crippen LogP contribution in [0.25, 0.3) is 0 Å². The van der Waals surface area contributed by atoms with Crippen LogP contribution in [0.1, 0.15) is 32.4 Å². The highest BCUT2D eigenvalue weighted by Gasteiger charge is 2.24. The van der Waals surface area contributed by atoms with E-state index in [2.05, 4.69) is 49.2 Å². The smallest absolute Gasteiger partial charge is 0.125 e. The van der Waals surface area contributed by atoms with Gasteiger partial charge in [0.25, 0.3) is 0 Å². The Labute approximate surface area is 127 Å². The van der Waals surface area contributed by atoms with E-state index in [9.17, 15) is 0 Å². The van der Waals surface area contributed by atoms with Crippen LogP contribution in [0.4, 0.5) is 5.69 Å². The van der Waals surface area contributed by atoms with Crippen LogP contribution in [-0.4, -0.2) is 37.7 Å². The van der Waals surface area contributed by atoms with Crippen molar-refractivity contribution in [1.29, 1.82) is 0 Å². The molecule has 1 N–H and O–H groups in total. The number of rotatable bonds is 5. The first-order valence-electron chi connectivity index (χ1n) is 7.43. The van der Waals surface area contributed by atoms with Crippen LogP contribution in [0.3, 0.4) is 0 Å². The lowest BCUT2D eigenvalue weighted by Crippen LogP contribution is -2.41. The Morgan fingerprint density at radius 1 is 1.50 bits per heavy atom. The summed E-state index contributed by atoms with van der Waals surface area (Å²) >= 11 is 2.05. The van der Waals surface area contributed by atoms with Crippen LogP contribution in [0.2, 0.25) is 0 Å². The largest absolute Gasteiger partial charge is 0.496 e. The highest BCUT2D eigenvalue weighted by Crippen LogP contribution is 2.36. The lowest BCUT2D eigenvalue weighted by atomic mass is 10.0. The Kier molecular flexibility index (Phi) is 5.61. The summed E-state index contributed by atoms with van der Waals surface area (Å²) in [5, 5.41) is 3.52. The van der Waals surface area contributed by atoms with Crippen LogP contribution in [0.5, 0.6) is 5.75 Å². The minimum absolute atomic E-state index is 0.299. The number of methoxy groups -OCH3 is 1. The fraction of sp³-hybridized carbons (Fsp3) is 0.625. The van der Waals surface area contributed by atoms with E-state index in [0.717, 1.165) is 18.8 Å². The summed E-state index contributed by atoms with van der Waals surface area (Å²) in [5.74, 6) is 3.39. The Hall–Kier alpha value is -0.870. The molecule has 2 rings (SSSR count). The molecule has 2 atom stereocenters. The fourth-order valence-electron chi connectivity index (χ4n) is 2.89. The molecule has 0 spiro atoms. The first-order chi connectivity index (χ1) is 9.69. The summed E-state index contributed by atoms with van der Waals surface area (Å²) in [6.45, 7) is 8.75. The molecule has 1 aliphatic rings. The SMILES string of the molecule is CCNC(C)c1c(OC)cccc1N1CCSCC1C. The molecule has 0 saturated carbocycles. The van der Waals surface area contributed by atoms with Gasteiger partial charge in [-0.2, -0.15) is 11.8 Å². The Morgan fingerprint density at radius 2 is 2.30 bits per heavy atom. The predicted molar refractivity (Wildman–Crippen MR) is 89.2 cm³/mol. The molecule has 0 aliphatic carbocycles. The number of benzene rings is 1. The number of ether oxygens (including phenoxy) is 1. The average molecular weight is 294 g/mol. The monoisotopic (exact) mass is 294 g/mol. The van der Waals surface area contributed by atoms with Gasteiger partial charge in [0.15, 0.2) is 0 Å². The maximum absolute atomic E-state index is 5.61. The van der Waals surface area contributed by atoms with Crippen molar-refractivity contribution < 1.29 is 4.74 Å². The zero-order valence-electron chi connectivity index (χ0n) is 13.0. The standard InChI is InChI=1S/C16H26N2OS/c1-5-17-13(3)16-14(7-6-8-15(16)19-4)18-9-10-20-11-12(18)2/h6-8,12-13,17H,5,9-11H2,1-4H3. The van der Waals surface area contributed by atoms with Gasteiger partial charge in [0.2, 0.25) is 0 Å². The van der Waals surface area contributed by atoms with Gasteiger partial charge in [-0.1, -0.05) is 13.0 Å². The highest BCUT2D eigenvalue weighted by molar-refractivity contribution is 7.99. The van der Waals surface area contributed by atoms with Crippen LogP contribution in [-0.2, 0) is 0 Å². The van der Waals surface area contributed by atoms with Gasteiger partial charge in [0, 0.05) is 41.4 Å². The lowest BCUT2D eigenvalue weighted by Gasteiger charge is -2.37. The zero-order valence-corrected chi connectivity index (χ0v) is 13.8. The van der Waals surface area contributed by atoms with Gasteiger partial charge in [0.05, 0.1) is 7.11 Å². The third kappa shape index (κ3) is 3.23. The van der Waals surface area contributed by atoms with Crippen LogP contribution in [0, 0.1) is 0 Å². The van der Waals surface area contributed by atoms with E-state index in [4.69, 9.17) is 4.74 Å². The van der Waals surface area contributed by atoms with E-state index in [1.807, 2.05) is 11.8 Å². The molecule has 0 radical (unpaired) electrons. The zero-order chi connectivity index (χ0) is 14.5. The summed E-state index contributed by atoms with van der Waals surface area (Å²) in [6, 6.07) is 7.28. The molecule has 3 nitrogen and oxygen atoms in total. The molecular weight excluding hydrogens is 268 g/mol. The maximum Gasteiger partial charge on any atom is 0.125 e. The van der Waals surface area contributed by atoms with Gasteiger partial charge in [-0.05, 0) is 32.5 Å². The number of thioether (sulfide) groups is 1. The molecule has 2 unspecified atom stereocenters. The van der Waals surface area contributed by atoms with Gasteiger partial charge >= 0.3 is 0 Å². The maximum atomic E-state index is 5.61. The summed E-state index contributed by atoms with van der Waals surface area (Å²) < 4.78 is 5.61. The minimum atomic E-state index is 0.299. The first-order valence-corrected chi connectivity index (χ1v) is 8.59. The number of nitrogens with zero attached hydrogens (tertiary/aromatic N) is 1. The van der Waals surface area contributed by atoms with Crippen LogP contribution in [0.15, 0.2) is 18.2 Å². The topological polar surface area (TPSA) is 24.5 Å². The molecule has 1 saturated heterocycles. The molecule has 20 heavy (non-hydrogen) atoms. The molecule has 1 aromatic carbocycles. The third-order valence-corrected chi connectivity index (χ3v) is 5.07. The first kappa shape index (κ1) is 15.5. The summed E-state index contributed by atoms with van der Waals surface area (Å²) in [7, 11) is 1.76. The molecule has 0 aromatic heterocycles. The Balaban J connectivity index is 2.40. The number of hydrogen-bond acceptors (Lipinski definition) is 4. The van der Waals surface area contributed by atoms with Gasteiger partial charge in [-0.3, -0.25) is 0 Å². The Morgan fingerprint density at radius 3 is 2.95 bits per heavy atom. The quantitative estimate of drug-likeness (QED) is 0.900. The normalized spacial score (nSPS) is 20.8. The van der Waals surface area contributed by atoms with Gasteiger partial charge in [-0.15, -0.1) is 0 Å². The van der Waals surface area contributed by atoms with Crippen molar-refractivity contribution in [2.24, 2.45) is 0 Å². The van der Waals surface area contributed by atoms with Gasteiger partial charge in [-0.25, -0.2) is 0 Å². The van der Waals surface area contributed by atoms with Crippen molar-refractivity contribution in [3.05, 3.63) is 23.8 Å². The summed E-state index contributed by atoms with van der Waals surface area (Å²) in [6.07, 6.45) is 0. The van der Waals surface area contributed by atoms with E-state index in [-0.39, 0.29) is 0 Å². The van der Waals surface area contributed by atoms with E-state index in [0.29, 0.717) is 12.1 Å². The van der Waals surface area contributed by atoms with Gasteiger partial charge < -0.3 is 15.0 Å². The van der Waals surface area contributed by atoms with E-state index in [1.165, 1.54) is 22.8 Å². The van der Waals surface area contributed by atoms with E-state index in [1.54, 1.807) is 7.11 Å². The second-order valence-electron chi connectivity index (χ2n) is 5.29. The number of hydrogen-bond donors (Lipinski definition) is 1. The average Bonchev–Trinajstić information content (AvgIpc) is 2.47. The fourth-order valence-corrected chi connectivity index (χ4v) is 3.90. The van der Waals surface area contributed by atoms with Crippen molar-refractivity contribution in [2.45, 2.75) is 32.9 Å². The predicted octanol–water partition coefficient (Wildman–Crippen LogP) is 3.31. The summed E-state index contributed by atoms with van der Waals surface area (Å²) in [5.41, 5.74) is 2.61. The molecule has 1 fully saturated rings. The Bertz CT molecular complexity index is 438. The van der Waals surface area contributed by atoms with Crippen molar-refractivity contribution in [2.75, 3.05) is 36.6 Å². The summed E-state index contributed by atoms with van der Waals surface area (Å²) in [4.78, 5) is 2.53. The van der Waals surface area contributed by atoms with Crippen molar-refractivity contribution in [3.8, 4) is 5.75 Å². The van der Waals surface area contributed by atoms with E-state index >= 15 is 0 Å². The molecule has 0 bridgehead atoms. The van der Waals surface area contributed by atoms with Crippen molar-refractivity contribution in [1.82, 2.24) is 5.32 Å². The number of anilines is 1. The van der Waals surface area contributed by atoms with Crippen molar-refractivity contribution in [3.63, 3.8) is 0 Å². The molecule has 1 aromatic rings. The minimum Gasteiger partial charge on any atom is -0.496 e. The molecular formula is C16H26N2OS.